The largest absolute Gasteiger partial charge is 0.564 e. The number of hydrogen-bond donors (Lipinski definition) is 1. The van der Waals surface area contributed by atoms with Crippen LogP contribution in [0.15, 0.2) is 12.1 Å². The zero-order valence-corrected chi connectivity index (χ0v) is 13.0. The number of carbonyl (C=O) groups excluding carboxylic acids is 2. The van der Waals surface area contributed by atoms with Crippen molar-refractivity contribution in [3.63, 3.8) is 0 Å². The van der Waals surface area contributed by atoms with Crippen molar-refractivity contribution in [3.8, 4) is 11.5 Å². The summed E-state index contributed by atoms with van der Waals surface area (Å²) in [6.07, 6.45) is 1.55. The number of phenolic OH excluding ortho intramolecular Hbond substituents is 1. The fourth-order valence-corrected chi connectivity index (χ4v) is 2.05. The Morgan fingerprint density at radius 3 is 2.73 bits per heavy atom. The van der Waals surface area contributed by atoms with Crippen molar-refractivity contribution < 1.29 is 28.8 Å². The van der Waals surface area contributed by atoms with Gasteiger partial charge in [0.1, 0.15) is 17.1 Å². The molecule has 1 aliphatic heterocycles. The van der Waals surface area contributed by atoms with Crippen molar-refractivity contribution in [1.82, 2.24) is 0 Å². The van der Waals surface area contributed by atoms with Crippen LogP contribution in [0.3, 0.4) is 0 Å². The molecule has 0 saturated carbocycles. The fraction of sp³-hybridized carbons (Fsp3) is 0.467. The third-order valence-electron chi connectivity index (χ3n) is 3.20. The Balaban J connectivity index is 2.04. The predicted octanol–water partition coefficient (Wildman–Crippen LogP) is 1.80. The topological polar surface area (TPSA) is 82.1 Å². The number of aryl methyl sites for hydroxylation is 1. The van der Waals surface area contributed by atoms with E-state index in [0.717, 1.165) is 18.3 Å². The lowest BCUT2D eigenvalue weighted by Gasteiger charge is -2.20. The first-order valence-electron chi connectivity index (χ1n) is 7.12. The van der Waals surface area contributed by atoms with Gasteiger partial charge in [-0.25, -0.2) is 4.79 Å². The van der Waals surface area contributed by atoms with Gasteiger partial charge in [0, 0.05) is 0 Å². The van der Waals surface area contributed by atoms with Crippen LogP contribution in [0.2, 0.25) is 6.32 Å². The van der Waals surface area contributed by atoms with Gasteiger partial charge in [0.2, 0.25) is 6.79 Å². The summed E-state index contributed by atoms with van der Waals surface area (Å²) in [4.78, 5) is 23.7. The molecular formula is C15H19BO6. The second-order valence-electron chi connectivity index (χ2n) is 6.17. The number of ether oxygens (including phenoxy) is 2. The predicted molar refractivity (Wildman–Crippen MR) is 80.2 cm³/mol. The van der Waals surface area contributed by atoms with Gasteiger partial charge in [-0.3, -0.25) is 4.79 Å². The number of fused-ring (bicyclic) bond motifs is 1. The number of carbonyl (C=O) groups is 2. The normalized spacial score (nSPS) is 13.4. The first-order chi connectivity index (χ1) is 10.3. The lowest BCUT2D eigenvalue weighted by Crippen LogP contribution is -2.25. The zero-order valence-electron chi connectivity index (χ0n) is 13.0. The van der Waals surface area contributed by atoms with Crippen molar-refractivity contribution in [2.75, 3.05) is 6.79 Å². The Morgan fingerprint density at radius 1 is 1.32 bits per heavy atom. The standard InChI is InChI=1S/C15H19BO6/c1-15(2,3)14(19)21-8-20-13(18)11-7-10(17)6-9-4-5-16-22-12(9)11/h6-7,16-17H,4-5,8H2,1-3H3. The van der Waals surface area contributed by atoms with Crippen LogP contribution in [0.4, 0.5) is 0 Å². The maximum Gasteiger partial charge on any atom is 0.344 e. The van der Waals surface area contributed by atoms with Crippen molar-refractivity contribution >= 4 is 19.4 Å². The molecule has 1 N–H and O–H groups in total. The van der Waals surface area contributed by atoms with Crippen LogP contribution >= 0.6 is 0 Å². The molecule has 6 nitrogen and oxygen atoms in total. The molecule has 1 heterocycles. The lowest BCUT2D eigenvalue weighted by atomic mass is 9.85. The Morgan fingerprint density at radius 2 is 2.05 bits per heavy atom. The van der Waals surface area contributed by atoms with E-state index in [1.54, 1.807) is 26.8 Å². The van der Waals surface area contributed by atoms with Crippen molar-refractivity contribution in [2.24, 2.45) is 5.41 Å². The second kappa shape index (κ2) is 6.29. The molecule has 1 aromatic carbocycles. The second-order valence-corrected chi connectivity index (χ2v) is 6.17. The molecule has 0 fully saturated rings. The molecule has 0 radical (unpaired) electrons. The molecule has 2 rings (SSSR count). The van der Waals surface area contributed by atoms with Gasteiger partial charge >= 0.3 is 19.4 Å². The minimum atomic E-state index is -0.698. The SMILES string of the molecule is CC(C)(C)C(=O)OCOC(=O)c1cc(O)cc2c1OBCC2. The average molecular weight is 306 g/mol. The van der Waals surface area contributed by atoms with Crippen LogP contribution < -0.4 is 4.65 Å². The van der Waals surface area contributed by atoms with Gasteiger partial charge < -0.3 is 19.2 Å². The third kappa shape index (κ3) is 3.72. The molecule has 22 heavy (non-hydrogen) atoms. The van der Waals surface area contributed by atoms with Gasteiger partial charge in [0.05, 0.1) is 5.41 Å². The molecule has 0 amide bonds. The Kier molecular flexibility index (Phi) is 4.64. The average Bonchev–Trinajstić information content (AvgIpc) is 2.45. The van der Waals surface area contributed by atoms with Gasteiger partial charge in [-0.2, -0.15) is 0 Å². The molecule has 118 valence electrons. The summed E-state index contributed by atoms with van der Waals surface area (Å²) in [7, 11) is 0.511. The third-order valence-corrected chi connectivity index (χ3v) is 3.20. The van der Waals surface area contributed by atoms with E-state index >= 15 is 0 Å². The van der Waals surface area contributed by atoms with E-state index in [1.165, 1.54) is 6.07 Å². The Hall–Kier alpha value is -2.18. The molecule has 1 aliphatic rings. The van der Waals surface area contributed by atoms with Crippen LogP contribution in [0.25, 0.3) is 0 Å². The fourth-order valence-electron chi connectivity index (χ4n) is 2.05. The van der Waals surface area contributed by atoms with Crippen LogP contribution in [0.5, 0.6) is 11.5 Å². The van der Waals surface area contributed by atoms with Crippen molar-refractivity contribution in [2.45, 2.75) is 33.5 Å². The number of aromatic hydroxyl groups is 1. The monoisotopic (exact) mass is 306 g/mol. The first-order valence-corrected chi connectivity index (χ1v) is 7.12. The number of phenols is 1. The van der Waals surface area contributed by atoms with E-state index < -0.39 is 24.1 Å². The summed E-state index contributed by atoms with van der Waals surface area (Å²) in [5, 5.41) is 9.69. The van der Waals surface area contributed by atoms with Crippen molar-refractivity contribution in [3.05, 3.63) is 23.3 Å². The molecule has 1 aromatic rings. The molecular weight excluding hydrogens is 287 g/mol. The van der Waals surface area contributed by atoms with Gasteiger partial charge in [-0.15, -0.1) is 0 Å². The molecule has 7 heteroatoms. The highest BCUT2D eigenvalue weighted by Crippen LogP contribution is 2.33. The number of rotatable bonds is 3. The summed E-state index contributed by atoms with van der Waals surface area (Å²) in [5.41, 5.74) is 0.242. The van der Waals surface area contributed by atoms with E-state index in [0.29, 0.717) is 13.2 Å². The summed E-state index contributed by atoms with van der Waals surface area (Å²) in [6.45, 7) is 4.64. The van der Waals surface area contributed by atoms with Gasteiger partial charge in [0.15, 0.2) is 0 Å². The molecule has 0 atom stereocenters. The smallest absolute Gasteiger partial charge is 0.344 e. The highest BCUT2D eigenvalue weighted by Gasteiger charge is 2.25. The van der Waals surface area contributed by atoms with Crippen molar-refractivity contribution in [1.29, 1.82) is 0 Å². The van der Waals surface area contributed by atoms with Crippen LogP contribution in [-0.4, -0.2) is 31.3 Å². The molecule has 0 saturated heterocycles. The highest BCUT2D eigenvalue weighted by molar-refractivity contribution is 6.29. The van der Waals surface area contributed by atoms with Gasteiger partial charge in [0.25, 0.3) is 0 Å². The van der Waals surface area contributed by atoms with E-state index in [4.69, 9.17) is 14.1 Å². The van der Waals surface area contributed by atoms with E-state index in [1.807, 2.05) is 0 Å². The zero-order chi connectivity index (χ0) is 16.3. The number of esters is 2. The summed E-state index contributed by atoms with van der Waals surface area (Å²) in [5.74, 6) is -0.760. The quantitative estimate of drug-likeness (QED) is 0.521. The maximum absolute atomic E-state index is 12.1. The van der Waals surface area contributed by atoms with E-state index in [-0.39, 0.29) is 11.3 Å². The Bertz CT molecular complexity index is 590. The summed E-state index contributed by atoms with van der Waals surface area (Å²) in [6, 6.07) is 2.86. The number of hydrogen-bond acceptors (Lipinski definition) is 6. The molecule has 0 unspecified atom stereocenters. The number of benzene rings is 1. The highest BCUT2D eigenvalue weighted by atomic mass is 16.7. The van der Waals surface area contributed by atoms with Crippen LogP contribution in [0, 0.1) is 5.41 Å². The van der Waals surface area contributed by atoms with Gasteiger partial charge in [-0.1, -0.05) is 0 Å². The molecule has 0 spiro atoms. The summed E-state index contributed by atoms with van der Waals surface area (Å²) >= 11 is 0. The molecule has 0 aliphatic carbocycles. The Labute approximate surface area is 129 Å². The summed E-state index contributed by atoms with van der Waals surface area (Å²) < 4.78 is 15.3. The minimum Gasteiger partial charge on any atom is -0.564 e. The molecule has 0 aromatic heterocycles. The van der Waals surface area contributed by atoms with Crippen LogP contribution in [0.1, 0.15) is 36.7 Å². The lowest BCUT2D eigenvalue weighted by molar-refractivity contribution is -0.161. The molecule has 0 bridgehead atoms. The van der Waals surface area contributed by atoms with E-state index in [2.05, 4.69) is 0 Å². The van der Waals surface area contributed by atoms with Crippen LogP contribution in [-0.2, 0) is 20.7 Å². The maximum atomic E-state index is 12.1. The minimum absolute atomic E-state index is 0.0251. The van der Waals surface area contributed by atoms with Gasteiger partial charge in [-0.05, 0) is 51.2 Å². The van der Waals surface area contributed by atoms with E-state index in [9.17, 15) is 14.7 Å². The first kappa shape index (κ1) is 16.2.